The molecule has 0 aliphatic rings. The van der Waals surface area contributed by atoms with Crippen LogP contribution in [0.25, 0.3) is 10.8 Å². The van der Waals surface area contributed by atoms with E-state index in [1.807, 2.05) is 66.7 Å². The summed E-state index contributed by atoms with van der Waals surface area (Å²) in [6, 6.07) is 28.0. The van der Waals surface area contributed by atoms with E-state index in [9.17, 15) is 9.59 Å². The fraction of sp³-hybridized carbons (Fsp3) is 0.0400. The standard InChI is InChI=1S/C25H19ClN2O2S/c26-19-8-3-7-18(15-19)25(30)27-20-11-13-21(14-12-20)31-16-24(29)28-23-10-4-6-17-5-1-2-9-22(17)23/h1-15H,16H2,(H,27,30)(H,28,29). The molecule has 6 heteroatoms. The predicted octanol–water partition coefficient (Wildman–Crippen LogP) is 6.48. The summed E-state index contributed by atoms with van der Waals surface area (Å²) in [5, 5.41) is 8.45. The monoisotopic (exact) mass is 446 g/mol. The fourth-order valence-electron chi connectivity index (χ4n) is 3.14. The highest BCUT2D eigenvalue weighted by Crippen LogP contribution is 2.25. The van der Waals surface area contributed by atoms with Crippen LogP contribution in [0.4, 0.5) is 11.4 Å². The third-order valence-electron chi connectivity index (χ3n) is 4.63. The van der Waals surface area contributed by atoms with Crippen LogP contribution >= 0.6 is 23.4 Å². The molecular formula is C25H19ClN2O2S. The van der Waals surface area contributed by atoms with E-state index in [-0.39, 0.29) is 17.6 Å². The Balaban J connectivity index is 1.33. The molecule has 0 fully saturated rings. The van der Waals surface area contributed by atoms with Gasteiger partial charge in [0.2, 0.25) is 5.91 Å². The van der Waals surface area contributed by atoms with E-state index in [4.69, 9.17) is 11.6 Å². The van der Waals surface area contributed by atoms with Gasteiger partial charge in [0.25, 0.3) is 5.91 Å². The van der Waals surface area contributed by atoms with Gasteiger partial charge in [-0.1, -0.05) is 54.1 Å². The van der Waals surface area contributed by atoms with Crippen molar-refractivity contribution in [1.82, 2.24) is 0 Å². The van der Waals surface area contributed by atoms with Crippen LogP contribution in [0.5, 0.6) is 0 Å². The Bertz CT molecular complexity index is 1240. The molecule has 4 aromatic carbocycles. The molecule has 31 heavy (non-hydrogen) atoms. The van der Waals surface area contributed by atoms with E-state index in [1.165, 1.54) is 11.8 Å². The Morgan fingerprint density at radius 2 is 1.55 bits per heavy atom. The number of fused-ring (bicyclic) bond motifs is 1. The largest absolute Gasteiger partial charge is 0.325 e. The second-order valence-electron chi connectivity index (χ2n) is 6.85. The SMILES string of the molecule is O=C(CSc1ccc(NC(=O)c2cccc(Cl)c2)cc1)Nc1cccc2ccccc12. The molecule has 0 saturated heterocycles. The number of anilines is 2. The minimum absolute atomic E-state index is 0.0697. The van der Waals surface area contributed by atoms with Gasteiger partial charge < -0.3 is 10.6 Å². The van der Waals surface area contributed by atoms with Crippen molar-refractivity contribution in [2.45, 2.75) is 4.90 Å². The van der Waals surface area contributed by atoms with Crippen molar-refractivity contribution in [1.29, 1.82) is 0 Å². The van der Waals surface area contributed by atoms with Crippen LogP contribution in [0.1, 0.15) is 10.4 Å². The van der Waals surface area contributed by atoms with Crippen LogP contribution in [0, 0.1) is 0 Å². The molecule has 2 amide bonds. The number of hydrogen-bond acceptors (Lipinski definition) is 3. The van der Waals surface area contributed by atoms with Crippen molar-refractivity contribution in [3.05, 3.63) is 102 Å². The number of thioether (sulfide) groups is 1. The average Bonchev–Trinajstić information content (AvgIpc) is 2.79. The summed E-state index contributed by atoms with van der Waals surface area (Å²) < 4.78 is 0. The van der Waals surface area contributed by atoms with E-state index >= 15 is 0 Å². The highest BCUT2D eigenvalue weighted by atomic mass is 35.5. The molecule has 0 unspecified atom stereocenters. The lowest BCUT2D eigenvalue weighted by Gasteiger charge is -2.09. The number of carbonyl (C=O) groups is 2. The zero-order valence-electron chi connectivity index (χ0n) is 16.5. The molecule has 4 rings (SSSR count). The third-order valence-corrected chi connectivity index (χ3v) is 5.88. The Labute approximate surface area is 189 Å². The molecule has 154 valence electrons. The molecule has 0 radical (unpaired) electrons. The third kappa shape index (κ3) is 5.45. The molecule has 0 aliphatic carbocycles. The number of hydrogen-bond donors (Lipinski definition) is 2. The lowest BCUT2D eigenvalue weighted by Crippen LogP contribution is -2.14. The van der Waals surface area contributed by atoms with Crippen molar-refractivity contribution in [2.75, 3.05) is 16.4 Å². The number of rotatable bonds is 6. The highest BCUT2D eigenvalue weighted by molar-refractivity contribution is 8.00. The van der Waals surface area contributed by atoms with Crippen LogP contribution in [0.3, 0.4) is 0 Å². The first-order valence-electron chi connectivity index (χ1n) is 9.66. The molecule has 0 saturated carbocycles. The van der Waals surface area contributed by atoms with Gasteiger partial charge in [0.1, 0.15) is 0 Å². The summed E-state index contributed by atoms with van der Waals surface area (Å²) in [7, 11) is 0. The average molecular weight is 447 g/mol. The van der Waals surface area contributed by atoms with Gasteiger partial charge in [-0.2, -0.15) is 0 Å². The Morgan fingerprint density at radius 1 is 0.806 bits per heavy atom. The summed E-state index contributed by atoms with van der Waals surface area (Å²) in [4.78, 5) is 25.7. The zero-order valence-corrected chi connectivity index (χ0v) is 18.0. The van der Waals surface area contributed by atoms with Crippen molar-refractivity contribution in [2.24, 2.45) is 0 Å². The quantitative estimate of drug-likeness (QED) is 0.333. The van der Waals surface area contributed by atoms with E-state index in [0.717, 1.165) is 21.4 Å². The van der Waals surface area contributed by atoms with Crippen LogP contribution in [-0.2, 0) is 4.79 Å². The zero-order chi connectivity index (χ0) is 21.6. The summed E-state index contributed by atoms with van der Waals surface area (Å²) in [5.41, 5.74) is 1.98. The van der Waals surface area contributed by atoms with Crippen molar-refractivity contribution < 1.29 is 9.59 Å². The van der Waals surface area contributed by atoms with Crippen LogP contribution in [-0.4, -0.2) is 17.6 Å². The van der Waals surface area contributed by atoms with Crippen LogP contribution < -0.4 is 10.6 Å². The van der Waals surface area contributed by atoms with Crippen molar-refractivity contribution in [3.8, 4) is 0 Å². The Hall–Kier alpha value is -3.28. The summed E-state index contributed by atoms with van der Waals surface area (Å²) >= 11 is 7.37. The number of halogens is 1. The van der Waals surface area contributed by atoms with Gasteiger partial charge >= 0.3 is 0 Å². The topological polar surface area (TPSA) is 58.2 Å². The van der Waals surface area contributed by atoms with Crippen molar-refractivity contribution >= 4 is 57.3 Å². The molecule has 4 nitrogen and oxygen atoms in total. The molecule has 2 N–H and O–H groups in total. The minimum atomic E-state index is -0.225. The Morgan fingerprint density at radius 3 is 2.35 bits per heavy atom. The fourth-order valence-corrected chi connectivity index (χ4v) is 4.03. The number of benzene rings is 4. The van der Waals surface area contributed by atoms with Gasteiger partial charge in [0, 0.05) is 32.2 Å². The lowest BCUT2D eigenvalue weighted by molar-refractivity contribution is -0.113. The van der Waals surface area contributed by atoms with Crippen LogP contribution in [0.2, 0.25) is 5.02 Å². The maximum atomic E-state index is 12.4. The first-order valence-corrected chi connectivity index (χ1v) is 11.0. The van der Waals surface area contributed by atoms with Gasteiger partial charge in [-0.3, -0.25) is 9.59 Å². The summed E-state index contributed by atoms with van der Waals surface area (Å²) in [5.74, 6) is -0.00526. The van der Waals surface area contributed by atoms with E-state index in [1.54, 1.807) is 24.3 Å². The predicted molar refractivity (Wildman–Crippen MR) is 129 cm³/mol. The number of nitrogens with one attached hydrogen (secondary N) is 2. The normalized spacial score (nSPS) is 10.6. The second-order valence-corrected chi connectivity index (χ2v) is 8.34. The van der Waals surface area contributed by atoms with Gasteiger partial charge in [-0.25, -0.2) is 0 Å². The molecule has 0 atom stereocenters. The van der Waals surface area contributed by atoms with Crippen LogP contribution in [0.15, 0.2) is 95.9 Å². The van der Waals surface area contributed by atoms with Gasteiger partial charge in [-0.05, 0) is 53.9 Å². The number of amides is 2. The molecule has 0 aliphatic heterocycles. The molecule has 0 bridgehead atoms. The van der Waals surface area contributed by atoms with Gasteiger partial charge in [0.05, 0.1) is 5.75 Å². The van der Waals surface area contributed by atoms with E-state index < -0.39 is 0 Å². The van der Waals surface area contributed by atoms with E-state index in [0.29, 0.717) is 16.3 Å². The molecular weight excluding hydrogens is 428 g/mol. The second kappa shape index (κ2) is 9.69. The summed E-state index contributed by atoms with van der Waals surface area (Å²) in [6.45, 7) is 0. The maximum Gasteiger partial charge on any atom is 0.255 e. The van der Waals surface area contributed by atoms with Gasteiger partial charge in [-0.15, -0.1) is 11.8 Å². The molecule has 0 heterocycles. The highest BCUT2D eigenvalue weighted by Gasteiger charge is 2.08. The first kappa shape index (κ1) is 21.0. The van der Waals surface area contributed by atoms with Crippen molar-refractivity contribution in [3.63, 3.8) is 0 Å². The molecule has 0 aromatic heterocycles. The Kier molecular flexibility index (Phi) is 6.55. The molecule has 0 spiro atoms. The first-order chi connectivity index (χ1) is 15.1. The number of carbonyl (C=O) groups excluding carboxylic acids is 2. The minimum Gasteiger partial charge on any atom is -0.325 e. The summed E-state index contributed by atoms with van der Waals surface area (Å²) in [6.07, 6.45) is 0. The lowest BCUT2D eigenvalue weighted by atomic mass is 10.1. The smallest absolute Gasteiger partial charge is 0.255 e. The maximum absolute atomic E-state index is 12.4. The van der Waals surface area contributed by atoms with E-state index in [2.05, 4.69) is 10.6 Å². The molecule has 4 aromatic rings. The van der Waals surface area contributed by atoms with Gasteiger partial charge in [0.15, 0.2) is 0 Å².